The summed E-state index contributed by atoms with van der Waals surface area (Å²) in [5, 5.41) is 3.69. The van der Waals surface area contributed by atoms with Gasteiger partial charge in [-0.1, -0.05) is 19.8 Å². The molecule has 0 amide bonds. The van der Waals surface area contributed by atoms with E-state index in [1.807, 2.05) is 0 Å². The molecule has 0 unspecified atom stereocenters. The summed E-state index contributed by atoms with van der Waals surface area (Å²) in [7, 11) is 0. The smallest absolute Gasteiger partial charge is 0.0760 e. The molecule has 1 N–H and O–H groups in total. The van der Waals surface area contributed by atoms with Gasteiger partial charge in [-0.3, -0.25) is 4.90 Å². The second-order valence-corrected chi connectivity index (χ2v) is 8.65. The SMILES string of the molecule is CCCNCC1(CN2CC(C)(C)OC(C)(C)C2)CCCC1. The number of nitrogens with zero attached hydrogens (tertiary/aromatic N) is 1. The number of nitrogens with one attached hydrogen (secondary N) is 1. The highest BCUT2D eigenvalue weighted by Gasteiger charge is 2.42. The predicted molar refractivity (Wildman–Crippen MR) is 89.7 cm³/mol. The van der Waals surface area contributed by atoms with Gasteiger partial charge < -0.3 is 10.1 Å². The summed E-state index contributed by atoms with van der Waals surface area (Å²) in [5.41, 5.74) is 0.440. The van der Waals surface area contributed by atoms with Crippen molar-refractivity contribution in [2.45, 2.75) is 77.9 Å². The molecular weight excluding hydrogens is 260 g/mol. The number of ether oxygens (including phenoxy) is 1. The van der Waals surface area contributed by atoms with Crippen LogP contribution in [0.15, 0.2) is 0 Å². The summed E-state index contributed by atoms with van der Waals surface area (Å²) >= 11 is 0. The molecule has 2 aliphatic rings. The third kappa shape index (κ3) is 4.94. The summed E-state index contributed by atoms with van der Waals surface area (Å²) in [6.45, 7) is 16.9. The molecule has 1 aliphatic carbocycles. The molecule has 21 heavy (non-hydrogen) atoms. The maximum Gasteiger partial charge on any atom is 0.0760 e. The molecule has 1 aliphatic heterocycles. The minimum atomic E-state index is -0.0294. The normalized spacial score (nSPS) is 27.9. The Kier molecular flexibility index (Phi) is 5.38. The predicted octanol–water partition coefficient (Wildman–Crippen LogP) is 3.44. The molecule has 3 heteroatoms. The van der Waals surface area contributed by atoms with E-state index in [2.05, 4.69) is 44.8 Å². The summed E-state index contributed by atoms with van der Waals surface area (Å²) < 4.78 is 6.23. The molecule has 0 aromatic rings. The number of morpholine rings is 1. The minimum Gasteiger partial charge on any atom is -0.367 e. The Hall–Kier alpha value is -0.120. The van der Waals surface area contributed by atoms with Crippen molar-refractivity contribution in [1.29, 1.82) is 0 Å². The van der Waals surface area contributed by atoms with Crippen LogP contribution in [-0.4, -0.2) is 48.8 Å². The first-order chi connectivity index (χ1) is 9.76. The third-order valence-corrected chi connectivity index (χ3v) is 4.91. The maximum atomic E-state index is 6.23. The van der Waals surface area contributed by atoms with Crippen LogP contribution in [0.4, 0.5) is 0 Å². The molecule has 1 saturated carbocycles. The lowest BCUT2D eigenvalue weighted by atomic mass is 9.84. The first-order valence-electron chi connectivity index (χ1n) is 8.89. The summed E-state index contributed by atoms with van der Waals surface area (Å²) in [6.07, 6.45) is 6.83. The van der Waals surface area contributed by atoms with Gasteiger partial charge in [-0.25, -0.2) is 0 Å². The summed E-state index contributed by atoms with van der Waals surface area (Å²) in [5.74, 6) is 0. The molecule has 3 nitrogen and oxygen atoms in total. The Morgan fingerprint density at radius 2 is 1.57 bits per heavy atom. The van der Waals surface area contributed by atoms with Crippen LogP contribution in [0.25, 0.3) is 0 Å². The van der Waals surface area contributed by atoms with E-state index in [-0.39, 0.29) is 11.2 Å². The molecule has 0 atom stereocenters. The van der Waals surface area contributed by atoms with Crippen molar-refractivity contribution < 1.29 is 4.74 Å². The van der Waals surface area contributed by atoms with E-state index >= 15 is 0 Å². The maximum absolute atomic E-state index is 6.23. The molecule has 0 radical (unpaired) electrons. The third-order valence-electron chi connectivity index (χ3n) is 4.91. The van der Waals surface area contributed by atoms with Crippen LogP contribution in [0.5, 0.6) is 0 Å². The molecule has 0 aromatic carbocycles. The van der Waals surface area contributed by atoms with Crippen LogP contribution in [0.3, 0.4) is 0 Å². The van der Waals surface area contributed by atoms with Crippen LogP contribution < -0.4 is 5.32 Å². The zero-order valence-electron chi connectivity index (χ0n) is 14.9. The lowest BCUT2D eigenvalue weighted by molar-refractivity contribution is -0.184. The highest BCUT2D eigenvalue weighted by Crippen LogP contribution is 2.40. The quantitative estimate of drug-likeness (QED) is 0.760. The van der Waals surface area contributed by atoms with Crippen LogP contribution in [-0.2, 0) is 4.74 Å². The molecule has 0 spiro atoms. The fourth-order valence-electron chi connectivity index (χ4n) is 4.58. The first-order valence-corrected chi connectivity index (χ1v) is 8.89. The van der Waals surface area contributed by atoms with Crippen molar-refractivity contribution in [2.75, 3.05) is 32.7 Å². The topological polar surface area (TPSA) is 24.5 Å². The lowest BCUT2D eigenvalue weighted by Gasteiger charge is -2.49. The van der Waals surface area contributed by atoms with Crippen LogP contribution >= 0.6 is 0 Å². The van der Waals surface area contributed by atoms with Crippen molar-refractivity contribution >= 4 is 0 Å². The summed E-state index contributed by atoms with van der Waals surface area (Å²) in [4.78, 5) is 2.67. The van der Waals surface area contributed by atoms with Gasteiger partial charge in [-0.15, -0.1) is 0 Å². The van der Waals surface area contributed by atoms with E-state index in [0.29, 0.717) is 5.41 Å². The highest BCUT2D eigenvalue weighted by molar-refractivity contribution is 4.95. The van der Waals surface area contributed by atoms with Gasteiger partial charge >= 0.3 is 0 Å². The van der Waals surface area contributed by atoms with Crippen molar-refractivity contribution in [3.63, 3.8) is 0 Å². The van der Waals surface area contributed by atoms with Gasteiger partial charge in [0, 0.05) is 26.2 Å². The monoisotopic (exact) mass is 296 g/mol. The fourth-order valence-corrected chi connectivity index (χ4v) is 4.58. The molecule has 1 saturated heterocycles. The van der Waals surface area contributed by atoms with E-state index in [4.69, 9.17) is 4.74 Å². The lowest BCUT2D eigenvalue weighted by Crippen LogP contribution is -2.59. The largest absolute Gasteiger partial charge is 0.367 e. The van der Waals surface area contributed by atoms with E-state index in [1.165, 1.54) is 45.2 Å². The molecule has 1 heterocycles. The first kappa shape index (κ1) is 17.2. The molecule has 2 rings (SSSR count). The number of hydrogen-bond donors (Lipinski definition) is 1. The molecular formula is C18H36N2O. The Morgan fingerprint density at radius 1 is 1.00 bits per heavy atom. The zero-order valence-corrected chi connectivity index (χ0v) is 14.9. The van der Waals surface area contributed by atoms with Crippen molar-refractivity contribution in [2.24, 2.45) is 5.41 Å². The Bertz CT molecular complexity index is 316. The van der Waals surface area contributed by atoms with Gasteiger partial charge in [0.05, 0.1) is 11.2 Å². The zero-order chi connectivity index (χ0) is 15.6. The standard InChI is InChI=1S/C18H36N2O/c1-6-11-19-12-18(9-7-8-10-18)15-20-13-16(2,3)21-17(4,5)14-20/h19H,6-15H2,1-5H3. The van der Waals surface area contributed by atoms with Gasteiger partial charge in [-0.05, 0) is 58.9 Å². The Balaban J connectivity index is 1.99. The van der Waals surface area contributed by atoms with Crippen LogP contribution in [0.2, 0.25) is 0 Å². The van der Waals surface area contributed by atoms with Crippen molar-refractivity contribution in [3.8, 4) is 0 Å². The van der Waals surface area contributed by atoms with E-state index in [1.54, 1.807) is 0 Å². The van der Waals surface area contributed by atoms with Gasteiger partial charge in [-0.2, -0.15) is 0 Å². The number of rotatable bonds is 6. The second kappa shape index (κ2) is 6.55. The van der Waals surface area contributed by atoms with Gasteiger partial charge in [0.2, 0.25) is 0 Å². The van der Waals surface area contributed by atoms with Crippen LogP contribution in [0, 0.1) is 5.41 Å². The van der Waals surface area contributed by atoms with Gasteiger partial charge in [0.25, 0.3) is 0 Å². The van der Waals surface area contributed by atoms with Crippen molar-refractivity contribution in [3.05, 3.63) is 0 Å². The Morgan fingerprint density at radius 3 is 2.10 bits per heavy atom. The average Bonchev–Trinajstić information content (AvgIpc) is 2.73. The van der Waals surface area contributed by atoms with Crippen molar-refractivity contribution in [1.82, 2.24) is 10.2 Å². The molecule has 0 aromatic heterocycles. The molecule has 124 valence electrons. The number of hydrogen-bond acceptors (Lipinski definition) is 3. The van der Waals surface area contributed by atoms with Gasteiger partial charge in [0.15, 0.2) is 0 Å². The highest BCUT2D eigenvalue weighted by atomic mass is 16.5. The van der Waals surface area contributed by atoms with E-state index < -0.39 is 0 Å². The minimum absolute atomic E-state index is 0.0294. The van der Waals surface area contributed by atoms with Crippen LogP contribution in [0.1, 0.15) is 66.7 Å². The fraction of sp³-hybridized carbons (Fsp3) is 1.00. The van der Waals surface area contributed by atoms with E-state index in [0.717, 1.165) is 19.6 Å². The molecule has 2 fully saturated rings. The summed E-state index contributed by atoms with van der Waals surface area (Å²) in [6, 6.07) is 0. The average molecular weight is 296 g/mol. The van der Waals surface area contributed by atoms with Gasteiger partial charge in [0.1, 0.15) is 0 Å². The molecule has 0 bridgehead atoms. The second-order valence-electron chi connectivity index (χ2n) is 8.65. The van der Waals surface area contributed by atoms with E-state index in [9.17, 15) is 0 Å². The Labute approximate surface area is 131 Å².